The van der Waals surface area contributed by atoms with Crippen molar-refractivity contribution in [2.75, 3.05) is 6.61 Å². The molecule has 3 rings (SSSR count). The maximum absolute atomic E-state index is 12.5. The van der Waals surface area contributed by atoms with Crippen LogP contribution in [0.5, 0.6) is 0 Å². The molecule has 1 aromatic carbocycles. The number of aromatic nitrogens is 1. The largest absolute Gasteiger partial charge is 0.467 e. The average Bonchev–Trinajstić information content (AvgIpc) is 3.23. The number of furan rings is 1. The maximum Gasteiger partial charge on any atom is 0.263 e. The van der Waals surface area contributed by atoms with Gasteiger partial charge in [-0.15, -0.1) is 11.3 Å². The van der Waals surface area contributed by atoms with Gasteiger partial charge in [-0.3, -0.25) is 4.79 Å². The molecule has 0 aliphatic carbocycles. The van der Waals surface area contributed by atoms with E-state index in [2.05, 4.69) is 10.3 Å². The minimum Gasteiger partial charge on any atom is -0.467 e. The number of carbonyl (C=O) groups excluding carboxylic acids is 1. The summed E-state index contributed by atoms with van der Waals surface area (Å²) in [5, 5.41) is 13.2. The summed E-state index contributed by atoms with van der Waals surface area (Å²) in [7, 11) is 0. The van der Waals surface area contributed by atoms with E-state index >= 15 is 0 Å². The van der Waals surface area contributed by atoms with Crippen LogP contribution in [0.15, 0.2) is 53.1 Å². The third-order valence-corrected chi connectivity index (χ3v) is 4.78. The molecule has 2 N–H and O–H groups in total. The lowest BCUT2D eigenvalue weighted by atomic mass is 10.2. The van der Waals surface area contributed by atoms with Crippen LogP contribution in [0.1, 0.15) is 37.7 Å². The third-order valence-electron chi connectivity index (χ3n) is 3.62. The van der Waals surface area contributed by atoms with Crippen molar-refractivity contribution in [1.82, 2.24) is 10.3 Å². The van der Waals surface area contributed by atoms with E-state index in [1.54, 1.807) is 12.1 Å². The highest BCUT2D eigenvalue weighted by molar-refractivity contribution is 7.13. The predicted molar refractivity (Wildman–Crippen MR) is 92.1 cm³/mol. The summed E-state index contributed by atoms with van der Waals surface area (Å²) in [6.45, 7) is 1.59. The van der Waals surface area contributed by atoms with E-state index < -0.39 is 6.04 Å². The second-order valence-corrected chi connectivity index (χ2v) is 6.49. The maximum atomic E-state index is 12.5. The first-order valence-corrected chi connectivity index (χ1v) is 8.44. The molecule has 0 saturated carbocycles. The Hall–Kier alpha value is -2.44. The van der Waals surface area contributed by atoms with E-state index in [4.69, 9.17) is 4.42 Å². The molecule has 0 saturated heterocycles. The highest BCUT2D eigenvalue weighted by Gasteiger charge is 2.21. The first-order valence-electron chi connectivity index (χ1n) is 7.62. The smallest absolute Gasteiger partial charge is 0.263 e. The van der Waals surface area contributed by atoms with Crippen LogP contribution >= 0.6 is 11.3 Å². The summed E-state index contributed by atoms with van der Waals surface area (Å²) in [5.41, 5.74) is 1.85. The molecule has 0 bridgehead atoms. The van der Waals surface area contributed by atoms with Gasteiger partial charge in [-0.05, 0) is 24.6 Å². The molecule has 1 unspecified atom stereocenters. The Morgan fingerprint density at radius 1 is 1.29 bits per heavy atom. The summed E-state index contributed by atoms with van der Waals surface area (Å²) in [5.74, 6) is 0.275. The minimum atomic E-state index is -0.563. The van der Waals surface area contributed by atoms with Gasteiger partial charge in [0.1, 0.15) is 16.7 Å². The first-order chi connectivity index (χ1) is 11.7. The molecule has 1 atom stereocenters. The predicted octanol–water partition coefficient (Wildman–Crippen LogP) is 3.10. The molecular formula is C18H18N2O3S. The Labute approximate surface area is 144 Å². The molecule has 2 heterocycles. The fourth-order valence-corrected chi connectivity index (χ4v) is 3.43. The summed E-state index contributed by atoms with van der Waals surface area (Å²) >= 11 is 1.38. The van der Waals surface area contributed by atoms with Crippen molar-refractivity contribution in [1.29, 1.82) is 0 Å². The molecule has 6 heteroatoms. The van der Waals surface area contributed by atoms with Crippen molar-refractivity contribution in [3.05, 3.63) is 75.6 Å². The molecule has 0 aliphatic heterocycles. The monoisotopic (exact) mass is 342 g/mol. The molecule has 5 nitrogen and oxygen atoms in total. The minimum absolute atomic E-state index is 0.228. The molecule has 24 heavy (non-hydrogen) atoms. The summed E-state index contributed by atoms with van der Waals surface area (Å²) < 4.78 is 5.25. The van der Waals surface area contributed by atoms with Crippen LogP contribution in [-0.4, -0.2) is 22.6 Å². The summed E-state index contributed by atoms with van der Waals surface area (Å²) in [6, 6.07) is 12.9. The van der Waals surface area contributed by atoms with Crippen molar-refractivity contribution in [3.8, 4) is 0 Å². The van der Waals surface area contributed by atoms with Crippen LogP contribution in [0.3, 0.4) is 0 Å². The second kappa shape index (κ2) is 7.42. The molecule has 2 aromatic heterocycles. The lowest BCUT2D eigenvalue weighted by Crippen LogP contribution is -2.30. The Morgan fingerprint density at radius 2 is 2.08 bits per heavy atom. The van der Waals surface area contributed by atoms with Gasteiger partial charge in [0.25, 0.3) is 5.91 Å². The van der Waals surface area contributed by atoms with Gasteiger partial charge in [-0.2, -0.15) is 0 Å². The molecule has 0 spiro atoms. The van der Waals surface area contributed by atoms with Crippen molar-refractivity contribution in [2.24, 2.45) is 0 Å². The molecule has 1 amide bonds. The van der Waals surface area contributed by atoms with Crippen LogP contribution in [-0.2, 0) is 6.42 Å². The van der Waals surface area contributed by atoms with E-state index in [9.17, 15) is 9.90 Å². The molecule has 0 radical (unpaired) electrons. The quantitative estimate of drug-likeness (QED) is 0.722. The fraction of sp³-hybridized carbons (Fsp3) is 0.222. The van der Waals surface area contributed by atoms with E-state index in [-0.39, 0.29) is 12.5 Å². The van der Waals surface area contributed by atoms with Gasteiger partial charge in [-0.1, -0.05) is 30.3 Å². The highest BCUT2D eigenvalue weighted by atomic mass is 32.1. The zero-order valence-corrected chi connectivity index (χ0v) is 14.0. The zero-order chi connectivity index (χ0) is 16.9. The highest BCUT2D eigenvalue weighted by Crippen LogP contribution is 2.22. The number of aliphatic hydroxyl groups is 1. The number of aryl methyl sites for hydroxylation is 1. The Morgan fingerprint density at radius 3 is 2.75 bits per heavy atom. The van der Waals surface area contributed by atoms with Crippen molar-refractivity contribution in [3.63, 3.8) is 0 Å². The molecule has 0 aliphatic rings. The number of hydrogen-bond donors (Lipinski definition) is 2. The first kappa shape index (κ1) is 16.4. The normalized spacial score (nSPS) is 12.1. The summed E-state index contributed by atoms with van der Waals surface area (Å²) in [4.78, 5) is 17.6. The van der Waals surface area contributed by atoms with Crippen LogP contribution in [0.4, 0.5) is 0 Å². The van der Waals surface area contributed by atoms with E-state index in [0.717, 1.165) is 10.6 Å². The van der Waals surface area contributed by atoms with Crippen LogP contribution < -0.4 is 5.32 Å². The second-order valence-electron chi connectivity index (χ2n) is 5.41. The number of carbonyl (C=O) groups is 1. The Bertz CT molecular complexity index is 797. The molecule has 3 aromatic rings. The SMILES string of the molecule is Cc1nc(Cc2ccccc2)sc1C(=O)NC(CO)c1ccco1. The van der Waals surface area contributed by atoms with Crippen molar-refractivity contribution < 1.29 is 14.3 Å². The summed E-state index contributed by atoms with van der Waals surface area (Å²) in [6.07, 6.45) is 2.21. The van der Waals surface area contributed by atoms with Gasteiger partial charge in [0, 0.05) is 6.42 Å². The van der Waals surface area contributed by atoms with Gasteiger partial charge in [-0.25, -0.2) is 4.98 Å². The van der Waals surface area contributed by atoms with Crippen molar-refractivity contribution in [2.45, 2.75) is 19.4 Å². The van der Waals surface area contributed by atoms with Gasteiger partial charge < -0.3 is 14.8 Å². The number of rotatable bonds is 6. The van der Waals surface area contributed by atoms with Crippen LogP contribution in [0, 0.1) is 6.92 Å². The van der Waals surface area contributed by atoms with Gasteiger partial charge in [0.05, 0.1) is 23.6 Å². The molecular weight excluding hydrogens is 324 g/mol. The number of nitrogens with zero attached hydrogens (tertiary/aromatic N) is 1. The van der Waals surface area contributed by atoms with Crippen LogP contribution in [0.25, 0.3) is 0 Å². The van der Waals surface area contributed by atoms with Crippen LogP contribution in [0.2, 0.25) is 0 Å². The number of hydrogen-bond acceptors (Lipinski definition) is 5. The number of benzene rings is 1. The van der Waals surface area contributed by atoms with E-state index in [0.29, 0.717) is 22.8 Å². The fourth-order valence-electron chi connectivity index (χ4n) is 2.43. The standard InChI is InChI=1S/C18H18N2O3S/c1-12-17(18(22)20-14(11-21)15-8-5-9-23-15)24-16(19-12)10-13-6-3-2-4-7-13/h2-9,14,21H,10-11H2,1H3,(H,20,22). The number of thiazole rings is 1. The number of nitrogens with one attached hydrogen (secondary N) is 1. The van der Waals surface area contributed by atoms with E-state index in [1.807, 2.05) is 37.3 Å². The lowest BCUT2D eigenvalue weighted by Gasteiger charge is -2.13. The van der Waals surface area contributed by atoms with Gasteiger partial charge >= 0.3 is 0 Å². The van der Waals surface area contributed by atoms with E-state index in [1.165, 1.54) is 17.6 Å². The Kier molecular flexibility index (Phi) is 5.08. The third kappa shape index (κ3) is 3.72. The average molecular weight is 342 g/mol. The lowest BCUT2D eigenvalue weighted by molar-refractivity contribution is 0.0910. The van der Waals surface area contributed by atoms with Crippen molar-refractivity contribution >= 4 is 17.2 Å². The zero-order valence-electron chi connectivity index (χ0n) is 13.2. The molecule has 124 valence electrons. The number of aliphatic hydroxyl groups excluding tert-OH is 1. The topological polar surface area (TPSA) is 75.4 Å². The van der Waals surface area contributed by atoms with Gasteiger partial charge in [0.15, 0.2) is 0 Å². The van der Waals surface area contributed by atoms with Gasteiger partial charge in [0.2, 0.25) is 0 Å². The Balaban J connectivity index is 1.73. The number of amides is 1. The molecule has 0 fully saturated rings.